The topological polar surface area (TPSA) is 61.2 Å². The van der Waals surface area contributed by atoms with Crippen LogP contribution < -0.4 is 0 Å². The molecule has 4 aliphatic rings. The minimum atomic E-state index is -1.41. The average Bonchev–Trinajstić information content (AvgIpc) is 3.36. The number of fused-ring (bicyclic) bond motifs is 4. The van der Waals surface area contributed by atoms with Gasteiger partial charge < -0.3 is 4.74 Å². The van der Waals surface area contributed by atoms with Crippen molar-refractivity contribution in [1.82, 2.24) is 9.78 Å². The fourth-order valence-corrected chi connectivity index (χ4v) is 6.47. The van der Waals surface area contributed by atoms with Gasteiger partial charge in [-0.2, -0.15) is 5.10 Å². The summed E-state index contributed by atoms with van der Waals surface area (Å²) in [5.41, 5.74) is 4.76. The van der Waals surface area contributed by atoms with Crippen LogP contribution in [0.4, 0.5) is 4.39 Å². The van der Waals surface area contributed by atoms with Crippen molar-refractivity contribution in [1.29, 1.82) is 0 Å². The summed E-state index contributed by atoms with van der Waals surface area (Å²) in [4.78, 5) is 26.7. The van der Waals surface area contributed by atoms with Crippen molar-refractivity contribution in [2.24, 2.45) is 5.41 Å². The lowest BCUT2D eigenvalue weighted by atomic mass is 9.61. The molecule has 1 unspecified atom stereocenters. The molecule has 3 aliphatic carbocycles. The maximum absolute atomic E-state index is 13.4. The van der Waals surface area contributed by atoms with E-state index in [-0.39, 0.29) is 22.8 Å². The van der Waals surface area contributed by atoms with Gasteiger partial charge in [-0.3, -0.25) is 9.59 Å². The highest BCUT2D eigenvalue weighted by Crippen LogP contribution is 2.56. The second-order valence-electron chi connectivity index (χ2n) is 10.2. The van der Waals surface area contributed by atoms with Crippen LogP contribution in [-0.4, -0.2) is 26.9 Å². The van der Waals surface area contributed by atoms with E-state index in [9.17, 15) is 14.0 Å². The summed E-state index contributed by atoms with van der Waals surface area (Å²) in [5, 5.41) is 4.60. The predicted molar refractivity (Wildman–Crippen MR) is 128 cm³/mol. The molecule has 0 fully saturated rings. The van der Waals surface area contributed by atoms with Crippen molar-refractivity contribution in [3.05, 3.63) is 99.8 Å². The van der Waals surface area contributed by atoms with Crippen LogP contribution in [0.5, 0.6) is 0 Å². The highest BCUT2D eigenvalue weighted by atomic mass is 19.1. The number of ether oxygens (including phenoxy) is 1. The Morgan fingerprint density at radius 3 is 2.40 bits per heavy atom. The van der Waals surface area contributed by atoms with Crippen molar-refractivity contribution < 1.29 is 18.7 Å². The monoisotopic (exact) mass is 466 g/mol. The zero-order valence-electron chi connectivity index (χ0n) is 19.3. The molecule has 7 rings (SSSR count). The first-order chi connectivity index (χ1) is 16.9. The summed E-state index contributed by atoms with van der Waals surface area (Å²) in [5.74, 6) is 0.120. The van der Waals surface area contributed by atoms with Crippen LogP contribution in [0.3, 0.4) is 0 Å². The van der Waals surface area contributed by atoms with Crippen LogP contribution in [-0.2, 0) is 11.2 Å². The first kappa shape index (κ1) is 20.6. The Morgan fingerprint density at radius 2 is 1.69 bits per heavy atom. The lowest BCUT2D eigenvalue weighted by Crippen LogP contribution is -2.48. The fourth-order valence-electron chi connectivity index (χ4n) is 6.47. The molecule has 0 saturated carbocycles. The predicted octanol–water partition coefficient (Wildman–Crippen LogP) is 5.63. The number of Topliss-reactive ketones (excluding diaryl/α,β-unsaturated/α-hetero) is 2. The quantitative estimate of drug-likeness (QED) is 0.436. The number of hydrogen-bond donors (Lipinski definition) is 0. The van der Waals surface area contributed by atoms with E-state index in [1.54, 1.807) is 36.4 Å². The van der Waals surface area contributed by atoms with Crippen molar-refractivity contribution in [2.45, 2.75) is 44.6 Å². The summed E-state index contributed by atoms with van der Waals surface area (Å²) < 4.78 is 21.7. The van der Waals surface area contributed by atoms with E-state index in [0.29, 0.717) is 30.4 Å². The highest BCUT2D eigenvalue weighted by molar-refractivity contribution is 6.32. The lowest BCUT2D eigenvalue weighted by molar-refractivity contribution is -0.000597. The van der Waals surface area contributed by atoms with Gasteiger partial charge in [-0.15, -0.1) is 0 Å². The normalized spacial score (nSPS) is 23.9. The average molecular weight is 467 g/mol. The third-order valence-corrected chi connectivity index (χ3v) is 8.32. The number of nitrogens with zero attached hydrogens (tertiary/aromatic N) is 2. The second-order valence-corrected chi connectivity index (χ2v) is 10.2. The molecule has 0 radical (unpaired) electrons. The molecule has 1 aromatic heterocycles. The van der Waals surface area contributed by atoms with E-state index in [4.69, 9.17) is 4.74 Å². The van der Waals surface area contributed by atoms with Crippen LogP contribution in [0.2, 0.25) is 0 Å². The van der Waals surface area contributed by atoms with Crippen molar-refractivity contribution >= 4 is 17.6 Å². The second kappa shape index (κ2) is 6.87. The molecule has 1 aliphatic heterocycles. The molecular weight excluding hydrogens is 443 g/mol. The Hall–Kier alpha value is -3.80. The summed E-state index contributed by atoms with van der Waals surface area (Å²) >= 11 is 0. The Labute approximate surface area is 201 Å². The molecule has 1 atom stereocenters. The molecule has 0 saturated heterocycles. The van der Waals surface area contributed by atoms with Crippen molar-refractivity contribution in [2.75, 3.05) is 0 Å². The molecule has 1 spiro atoms. The number of allylic oxidation sites excluding steroid dienone is 3. The van der Waals surface area contributed by atoms with Crippen LogP contribution in [0, 0.1) is 11.2 Å². The molecule has 2 heterocycles. The smallest absolute Gasteiger partial charge is 0.233 e. The summed E-state index contributed by atoms with van der Waals surface area (Å²) in [6, 6.07) is 13.4. The van der Waals surface area contributed by atoms with Gasteiger partial charge in [-0.1, -0.05) is 36.8 Å². The third kappa shape index (κ3) is 2.65. The van der Waals surface area contributed by atoms with E-state index in [1.807, 2.05) is 10.9 Å². The minimum Gasteiger partial charge on any atom is -0.475 e. The van der Waals surface area contributed by atoms with E-state index in [0.717, 1.165) is 35.5 Å². The van der Waals surface area contributed by atoms with Gasteiger partial charge in [0.15, 0.2) is 0 Å². The van der Waals surface area contributed by atoms with Gasteiger partial charge >= 0.3 is 0 Å². The zero-order chi connectivity index (χ0) is 23.9. The highest BCUT2D eigenvalue weighted by Gasteiger charge is 2.58. The van der Waals surface area contributed by atoms with Crippen LogP contribution in [0.25, 0.3) is 11.8 Å². The number of carbonyl (C=O) groups is 2. The lowest BCUT2D eigenvalue weighted by Gasteiger charge is -2.47. The molecule has 0 bridgehead atoms. The number of aromatic nitrogens is 2. The van der Waals surface area contributed by atoms with Crippen LogP contribution in [0.1, 0.15) is 64.6 Å². The first-order valence-electron chi connectivity index (χ1n) is 12.0. The zero-order valence-corrected chi connectivity index (χ0v) is 19.3. The van der Waals surface area contributed by atoms with Gasteiger partial charge in [0.2, 0.25) is 17.2 Å². The maximum Gasteiger partial charge on any atom is 0.233 e. The van der Waals surface area contributed by atoms with E-state index < -0.39 is 5.60 Å². The number of hydrogen-bond acceptors (Lipinski definition) is 4. The number of halogens is 1. The summed E-state index contributed by atoms with van der Waals surface area (Å²) in [7, 11) is 0. The number of carbonyl (C=O) groups excluding carboxylic acids is 2. The molecular formula is C29H23FN2O3. The van der Waals surface area contributed by atoms with Gasteiger partial charge in [0.1, 0.15) is 5.82 Å². The Morgan fingerprint density at radius 1 is 0.971 bits per heavy atom. The molecule has 5 nitrogen and oxygen atoms in total. The molecule has 0 amide bonds. The Kier molecular flexibility index (Phi) is 4.04. The Bertz CT molecular complexity index is 1480. The first-order valence-corrected chi connectivity index (χ1v) is 12.0. The van der Waals surface area contributed by atoms with E-state index in [1.165, 1.54) is 23.3 Å². The SMILES string of the molecule is CC12Cc3cnn(-c4ccc(F)cc4)c3C=C1CCC1=C2CCC2(O1)C(=O)c1ccccc1C2=O. The third-order valence-electron chi connectivity index (χ3n) is 8.32. The molecule has 35 heavy (non-hydrogen) atoms. The number of rotatable bonds is 1. The molecule has 6 heteroatoms. The minimum absolute atomic E-state index is 0.206. The number of benzene rings is 2. The summed E-state index contributed by atoms with van der Waals surface area (Å²) in [6.07, 6.45) is 7.33. The maximum atomic E-state index is 13.4. The van der Waals surface area contributed by atoms with E-state index in [2.05, 4.69) is 18.1 Å². The van der Waals surface area contributed by atoms with Gasteiger partial charge in [-0.05, 0) is 60.7 Å². The van der Waals surface area contributed by atoms with Gasteiger partial charge in [0, 0.05) is 29.4 Å². The van der Waals surface area contributed by atoms with Gasteiger partial charge in [0.25, 0.3) is 0 Å². The largest absolute Gasteiger partial charge is 0.475 e. The van der Waals surface area contributed by atoms with Gasteiger partial charge in [0.05, 0.1) is 23.3 Å². The molecule has 3 aromatic rings. The molecule has 0 N–H and O–H groups in total. The Balaban J connectivity index is 1.26. The molecule has 2 aromatic carbocycles. The molecule has 174 valence electrons. The fraction of sp³-hybridized carbons (Fsp3) is 0.276. The standard InChI is InChI=1S/C29H23FN2O3/c1-28-15-17-16-31-32(20-9-7-19(30)8-10-20)24(17)14-18(28)6-11-25-23(28)12-13-29(35-25)26(33)21-4-2-3-5-22(21)27(29)34/h2-5,7-10,14,16H,6,11-13,15H2,1H3. The van der Waals surface area contributed by atoms with Gasteiger partial charge in [-0.25, -0.2) is 9.07 Å². The number of ketones is 2. The van der Waals surface area contributed by atoms with Crippen LogP contribution in [0.15, 0.2) is 71.6 Å². The van der Waals surface area contributed by atoms with Crippen molar-refractivity contribution in [3.63, 3.8) is 0 Å². The summed E-state index contributed by atoms with van der Waals surface area (Å²) in [6.45, 7) is 2.24. The van der Waals surface area contributed by atoms with Crippen LogP contribution >= 0.6 is 0 Å². The van der Waals surface area contributed by atoms with E-state index >= 15 is 0 Å². The van der Waals surface area contributed by atoms with Crippen molar-refractivity contribution in [3.8, 4) is 5.69 Å².